The zero-order valence-electron chi connectivity index (χ0n) is 16.2. The van der Waals surface area contributed by atoms with E-state index in [2.05, 4.69) is 37.2 Å². The summed E-state index contributed by atoms with van der Waals surface area (Å²) in [6.07, 6.45) is 1.50. The third kappa shape index (κ3) is 5.08. The minimum atomic E-state index is -0.534. The minimum Gasteiger partial charge on any atom is -0.490 e. The average Bonchev–Trinajstić information content (AvgIpc) is 2.70. The highest BCUT2D eigenvalue weighted by Crippen LogP contribution is 2.38. The molecule has 6 nitrogen and oxygen atoms in total. The van der Waals surface area contributed by atoms with E-state index in [-0.39, 0.29) is 10.7 Å². The third-order valence-electron chi connectivity index (χ3n) is 4.24. The lowest BCUT2D eigenvalue weighted by molar-refractivity contribution is -0.128. The topological polar surface area (TPSA) is 67.9 Å². The van der Waals surface area contributed by atoms with Gasteiger partial charge in [0.25, 0.3) is 11.8 Å². The maximum absolute atomic E-state index is 12.4. The highest BCUT2D eigenvalue weighted by Gasteiger charge is 2.30. The number of nitrogens with one attached hydrogen (secondary N) is 1. The Balaban J connectivity index is 1.90. The average molecular weight is 554 g/mol. The van der Waals surface area contributed by atoms with Crippen LogP contribution in [0.15, 0.2) is 50.9 Å². The van der Waals surface area contributed by atoms with Crippen LogP contribution in [0.1, 0.15) is 18.1 Å². The fraction of sp³-hybridized carbons (Fsp3) is 0.190. The summed E-state index contributed by atoms with van der Waals surface area (Å²) < 4.78 is 13.4. The Hall–Kier alpha value is -2.23. The molecule has 2 aromatic rings. The van der Waals surface area contributed by atoms with E-state index in [9.17, 15) is 9.59 Å². The highest BCUT2D eigenvalue weighted by atomic mass is 79.9. The third-order valence-corrected chi connectivity index (χ3v) is 5.74. The van der Waals surface area contributed by atoms with Crippen molar-refractivity contribution in [2.24, 2.45) is 0 Å². The van der Waals surface area contributed by atoms with Crippen molar-refractivity contribution in [3.05, 3.63) is 62.0 Å². The van der Waals surface area contributed by atoms with Crippen LogP contribution in [0.3, 0.4) is 0 Å². The molecule has 1 aliphatic rings. The summed E-state index contributed by atoms with van der Waals surface area (Å²) in [5.41, 5.74) is 1.60. The summed E-state index contributed by atoms with van der Waals surface area (Å²) >= 11 is 11.9. The van der Waals surface area contributed by atoms with Gasteiger partial charge < -0.3 is 9.47 Å². The van der Waals surface area contributed by atoms with Crippen molar-refractivity contribution < 1.29 is 19.1 Å². The number of carbonyl (C=O) groups is 2. The van der Waals surface area contributed by atoms with Gasteiger partial charge in [-0.15, -0.1) is 0 Å². The second kappa shape index (κ2) is 9.72. The van der Waals surface area contributed by atoms with Crippen molar-refractivity contribution in [2.45, 2.75) is 13.5 Å². The fourth-order valence-electron chi connectivity index (χ4n) is 2.72. The van der Waals surface area contributed by atoms with Gasteiger partial charge in [0.2, 0.25) is 0 Å². The van der Waals surface area contributed by atoms with Crippen LogP contribution >= 0.6 is 44.1 Å². The molecule has 1 fully saturated rings. The van der Waals surface area contributed by atoms with Gasteiger partial charge in [-0.1, -0.05) is 28.1 Å². The summed E-state index contributed by atoms with van der Waals surface area (Å²) in [4.78, 5) is 25.9. The van der Waals surface area contributed by atoms with Crippen molar-refractivity contribution in [3.8, 4) is 11.5 Å². The lowest BCUT2D eigenvalue weighted by Gasteiger charge is -2.25. The lowest BCUT2D eigenvalue weighted by atomic mass is 10.1. The van der Waals surface area contributed by atoms with E-state index in [0.717, 1.165) is 10.0 Å². The van der Waals surface area contributed by atoms with Crippen LogP contribution in [-0.2, 0) is 16.2 Å². The molecule has 1 heterocycles. The van der Waals surface area contributed by atoms with E-state index in [1.165, 1.54) is 18.0 Å². The van der Waals surface area contributed by atoms with Gasteiger partial charge in [-0.3, -0.25) is 19.8 Å². The van der Waals surface area contributed by atoms with Crippen molar-refractivity contribution in [3.63, 3.8) is 0 Å². The Labute approximate surface area is 196 Å². The Morgan fingerprint density at radius 2 is 1.83 bits per heavy atom. The van der Waals surface area contributed by atoms with Crippen molar-refractivity contribution in [2.75, 3.05) is 13.7 Å². The van der Waals surface area contributed by atoms with Crippen LogP contribution in [0.2, 0.25) is 0 Å². The van der Waals surface area contributed by atoms with Crippen LogP contribution in [0, 0.1) is 0 Å². The van der Waals surface area contributed by atoms with Crippen LogP contribution < -0.4 is 14.8 Å². The smallest absolute Gasteiger partial charge is 0.265 e. The first kappa shape index (κ1) is 22.5. The van der Waals surface area contributed by atoms with Crippen molar-refractivity contribution in [1.82, 2.24) is 10.2 Å². The molecule has 0 atom stereocenters. The summed E-state index contributed by atoms with van der Waals surface area (Å²) in [7, 11) is 1.51. The fourth-order valence-corrected chi connectivity index (χ4v) is 3.74. The first-order valence-electron chi connectivity index (χ1n) is 8.98. The van der Waals surface area contributed by atoms with E-state index in [1.54, 1.807) is 12.1 Å². The maximum atomic E-state index is 12.4. The van der Waals surface area contributed by atoms with Gasteiger partial charge >= 0.3 is 0 Å². The summed E-state index contributed by atoms with van der Waals surface area (Å²) in [6.45, 7) is 2.65. The van der Waals surface area contributed by atoms with Crippen LogP contribution in [0.4, 0.5) is 0 Å². The number of ether oxygens (including phenoxy) is 2. The molecule has 1 saturated heterocycles. The molecule has 2 amide bonds. The van der Waals surface area contributed by atoms with Gasteiger partial charge in [-0.25, -0.2) is 0 Å². The summed E-state index contributed by atoms with van der Waals surface area (Å²) in [5.74, 6) is 0.0455. The Kier molecular flexibility index (Phi) is 7.27. The monoisotopic (exact) mass is 552 g/mol. The van der Waals surface area contributed by atoms with Crippen molar-refractivity contribution >= 4 is 67.1 Å². The lowest BCUT2D eigenvalue weighted by Crippen LogP contribution is -2.52. The number of thiocarbonyl (C=S) groups is 1. The molecule has 1 N–H and O–H groups in total. The predicted molar refractivity (Wildman–Crippen MR) is 125 cm³/mol. The van der Waals surface area contributed by atoms with Crippen LogP contribution in [-0.4, -0.2) is 35.5 Å². The number of carbonyl (C=O) groups excluding carboxylic acids is 2. The van der Waals surface area contributed by atoms with E-state index in [0.29, 0.717) is 34.7 Å². The van der Waals surface area contributed by atoms with Gasteiger partial charge in [0.15, 0.2) is 16.6 Å². The van der Waals surface area contributed by atoms with Gasteiger partial charge in [0.1, 0.15) is 12.2 Å². The number of benzene rings is 2. The summed E-state index contributed by atoms with van der Waals surface area (Å²) in [5, 5.41) is 2.57. The zero-order chi connectivity index (χ0) is 21.8. The second-order valence-electron chi connectivity index (χ2n) is 6.36. The second-order valence-corrected chi connectivity index (χ2v) is 8.52. The van der Waals surface area contributed by atoms with Crippen LogP contribution in [0.5, 0.6) is 11.5 Å². The molecule has 3 rings (SSSR count). The molecule has 0 unspecified atom stereocenters. The summed E-state index contributed by atoms with van der Waals surface area (Å²) in [6, 6.07) is 11.3. The molecule has 0 bridgehead atoms. The molecular weight excluding hydrogens is 536 g/mol. The molecule has 1 aliphatic heterocycles. The Bertz CT molecular complexity index is 1040. The predicted octanol–water partition coefficient (Wildman–Crippen LogP) is 4.45. The SMILES string of the molecule is CCOc1cc(/C=C2\C(=O)NC(=S)N(C)C2=O)cc(Br)c1OCc1ccc(Br)cc1. The molecule has 30 heavy (non-hydrogen) atoms. The quantitative estimate of drug-likeness (QED) is 0.325. The van der Waals surface area contributed by atoms with E-state index < -0.39 is 11.8 Å². The molecule has 156 valence electrons. The maximum Gasteiger partial charge on any atom is 0.265 e. The molecule has 0 aliphatic carbocycles. The molecule has 0 saturated carbocycles. The minimum absolute atomic E-state index is 0.0102. The molecule has 0 spiro atoms. The molecule has 9 heteroatoms. The number of amides is 2. The van der Waals surface area contributed by atoms with E-state index in [1.807, 2.05) is 31.2 Å². The van der Waals surface area contributed by atoms with Crippen LogP contribution in [0.25, 0.3) is 6.08 Å². The van der Waals surface area contributed by atoms with Gasteiger partial charge in [-0.05, 0) is 76.5 Å². The number of rotatable bonds is 6. The normalized spacial score (nSPS) is 15.4. The number of halogens is 2. The number of hydrogen-bond donors (Lipinski definition) is 1. The van der Waals surface area contributed by atoms with E-state index >= 15 is 0 Å². The molecule has 0 radical (unpaired) electrons. The number of likely N-dealkylation sites (N-methyl/N-ethyl adjacent to an activating group) is 1. The van der Waals surface area contributed by atoms with Gasteiger partial charge in [0, 0.05) is 11.5 Å². The molecule has 0 aromatic heterocycles. The number of hydrogen-bond acceptors (Lipinski definition) is 5. The zero-order valence-corrected chi connectivity index (χ0v) is 20.2. The highest BCUT2D eigenvalue weighted by molar-refractivity contribution is 9.10. The van der Waals surface area contributed by atoms with E-state index in [4.69, 9.17) is 21.7 Å². The Morgan fingerprint density at radius 3 is 2.50 bits per heavy atom. The van der Waals surface area contributed by atoms with Gasteiger partial charge in [-0.2, -0.15) is 0 Å². The number of nitrogens with zero attached hydrogens (tertiary/aromatic N) is 1. The molecule has 2 aromatic carbocycles. The molecular formula is C21H18Br2N2O4S. The Morgan fingerprint density at radius 1 is 1.13 bits per heavy atom. The first-order chi connectivity index (χ1) is 14.3. The van der Waals surface area contributed by atoms with Gasteiger partial charge in [0.05, 0.1) is 11.1 Å². The standard InChI is InChI=1S/C21H18Br2N2O4S/c1-3-28-17-10-13(8-15-19(26)24-21(30)25(2)20(15)27)9-16(23)18(17)29-11-12-4-6-14(22)7-5-12/h4-10H,3,11H2,1-2H3,(H,24,26,30)/b15-8+. The first-order valence-corrected chi connectivity index (χ1v) is 11.0. The van der Waals surface area contributed by atoms with Crippen molar-refractivity contribution in [1.29, 1.82) is 0 Å². The largest absolute Gasteiger partial charge is 0.490 e.